The van der Waals surface area contributed by atoms with Crippen molar-refractivity contribution in [3.8, 4) is 5.75 Å². The van der Waals surface area contributed by atoms with E-state index in [0.29, 0.717) is 0 Å². The Kier molecular flexibility index (Phi) is 7.98. The zero-order chi connectivity index (χ0) is 20.5. The monoisotopic (exact) mass is 401 g/mol. The molecule has 1 atom stereocenters. The van der Waals surface area contributed by atoms with Gasteiger partial charge in [0.25, 0.3) is 0 Å². The van der Waals surface area contributed by atoms with Gasteiger partial charge in [0, 0.05) is 23.9 Å². The highest BCUT2D eigenvalue weighted by atomic mass is 32.1. The lowest BCUT2D eigenvalue weighted by Gasteiger charge is -2.21. The van der Waals surface area contributed by atoms with Crippen LogP contribution in [0.15, 0.2) is 59.3 Å². The Morgan fingerprint density at radius 3 is 2.32 bits per heavy atom. The van der Waals surface area contributed by atoms with E-state index in [9.17, 15) is 0 Å². The largest absolute Gasteiger partial charge is 0.485 e. The Labute approximate surface area is 167 Å². The lowest BCUT2D eigenvalue weighted by molar-refractivity contribution is -0.159. The van der Waals surface area contributed by atoms with Crippen LogP contribution < -0.4 is 4.74 Å². The number of ether oxygens (including phenoxy) is 1. The van der Waals surface area contributed by atoms with E-state index in [0.717, 1.165) is 18.7 Å². The number of benzene rings is 2. The smallest absolute Gasteiger partial charge is 0.414 e. The van der Waals surface area contributed by atoms with E-state index >= 15 is 0 Å². The quantitative estimate of drug-likeness (QED) is 0.604. The number of hydrogen-bond acceptors (Lipinski definition) is 5. The van der Waals surface area contributed by atoms with Gasteiger partial charge in [0.15, 0.2) is 0 Å². The van der Waals surface area contributed by atoms with Crippen molar-refractivity contribution in [2.24, 2.45) is 0 Å². The van der Waals surface area contributed by atoms with Crippen LogP contribution in [0.5, 0.6) is 5.75 Å². The van der Waals surface area contributed by atoms with Crippen molar-refractivity contribution in [2.45, 2.75) is 12.5 Å². The SMILES string of the molecule is CN(C)CCC(Oc1cccc2ccccc12)c1ccsc1.O=C(O)C(=O)O. The molecule has 6 nitrogen and oxygen atoms in total. The summed E-state index contributed by atoms with van der Waals surface area (Å²) in [7, 11) is 4.20. The Balaban J connectivity index is 0.000000409. The fraction of sp³-hybridized carbons (Fsp3) is 0.238. The van der Waals surface area contributed by atoms with Crippen molar-refractivity contribution < 1.29 is 24.5 Å². The van der Waals surface area contributed by atoms with Crippen LogP contribution in [-0.4, -0.2) is 47.7 Å². The van der Waals surface area contributed by atoms with Crippen molar-refractivity contribution >= 4 is 34.0 Å². The molecule has 28 heavy (non-hydrogen) atoms. The molecule has 0 aliphatic heterocycles. The summed E-state index contributed by atoms with van der Waals surface area (Å²) in [5.74, 6) is -2.68. The molecule has 0 aliphatic rings. The molecular formula is C21H23NO5S. The first-order valence-electron chi connectivity index (χ1n) is 8.66. The second-order valence-corrected chi connectivity index (χ2v) is 7.12. The first-order chi connectivity index (χ1) is 13.4. The number of rotatable bonds is 6. The molecule has 7 heteroatoms. The minimum atomic E-state index is -1.82. The Morgan fingerprint density at radius 2 is 1.71 bits per heavy atom. The maximum atomic E-state index is 9.10. The molecule has 1 aromatic heterocycles. The van der Waals surface area contributed by atoms with Gasteiger partial charge in [-0.15, -0.1) is 0 Å². The number of carboxylic acid groups (broad SMARTS) is 2. The molecular weight excluding hydrogens is 378 g/mol. The molecule has 3 rings (SSSR count). The average Bonchev–Trinajstić information content (AvgIpc) is 3.20. The molecule has 0 radical (unpaired) electrons. The van der Waals surface area contributed by atoms with Crippen molar-refractivity contribution in [3.05, 3.63) is 64.9 Å². The van der Waals surface area contributed by atoms with Crippen LogP contribution in [0, 0.1) is 0 Å². The third-order valence-corrected chi connectivity index (χ3v) is 4.66. The summed E-state index contributed by atoms with van der Waals surface area (Å²) < 4.78 is 6.40. The Hall–Kier alpha value is -2.90. The van der Waals surface area contributed by atoms with E-state index in [1.165, 1.54) is 16.3 Å². The van der Waals surface area contributed by atoms with Crippen LogP contribution in [0.2, 0.25) is 0 Å². The van der Waals surface area contributed by atoms with Crippen molar-refractivity contribution in [1.82, 2.24) is 4.90 Å². The fourth-order valence-corrected chi connectivity index (χ4v) is 3.28. The molecule has 148 valence electrons. The summed E-state index contributed by atoms with van der Waals surface area (Å²) in [6, 6.07) is 16.8. The van der Waals surface area contributed by atoms with Gasteiger partial charge in [0.1, 0.15) is 11.9 Å². The summed E-state index contributed by atoms with van der Waals surface area (Å²) in [6.07, 6.45) is 1.08. The second kappa shape index (κ2) is 10.4. The number of carbonyl (C=O) groups is 2. The number of fused-ring (bicyclic) bond motifs is 1. The first-order valence-corrected chi connectivity index (χ1v) is 9.60. The number of nitrogens with zero attached hydrogens (tertiary/aromatic N) is 1. The molecule has 0 bridgehead atoms. The fourth-order valence-electron chi connectivity index (χ4n) is 2.58. The number of carboxylic acids is 2. The highest BCUT2D eigenvalue weighted by Crippen LogP contribution is 2.31. The van der Waals surface area contributed by atoms with Gasteiger partial charge in [-0.2, -0.15) is 11.3 Å². The summed E-state index contributed by atoms with van der Waals surface area (Å²) >= 11 is 1.72. The van der Waals surface area contributed by atoms with Crippen LogP contribution in [0.3, 0.4) is 0 Å². The minimum absolute atomic E-state index is 0.0967. The topological polar surface area (TPSA) is 87.1 Å². The van der Waals surface area contributed by atoms with E-state index in [1.807, 2.05) is 0 Å². The normalized spacial score (nSPS) is 11.5. The highest BCUT2D eigenvalue weighted by Gasteiger charge is 2.15. The van der Waals surface area contributed by atoms with E-state index in [4.69, 9.17) is 24.5 Å². The number of aliphatic carboxylic acids is 2. The third-order valence-electron chi connectivity index (χ3n) is 3.96. The molecule has 0 saturated carbocycles. The van der Waals surface area contributed by atoms with E-state index in [2.05, 4.69) is 78.3 Å². The predicted molar refractivity (Wildman–Crippen MR) is 110 cm³/mol. The van der Waals surface area contributed by atoms with Crippen LogP contribution in [-0.2, 0) is 9.59 Å². The van der Waals surface area contributed by atoms with E-state index in [-0.39, 0.29) is 6.10 Å². The van der Waals surface area contributed by atoms with Gasteiger partial charge in [-0.05, 0) is 42.4 Å². The lowest BCUT2D eigenvalue weighted by Crippen LogP contribution is -2.18. The minimum Gasteiger partial charge on any atom is -0.485 e. The lowest BCUT2D eigenvalue weighted by atomic mass is 10.1. The second-order valence-electron chi connectivity index (χ2n) is 6.34. The molecule has 1 unspecified atom stereocenters. The molecule has 1 heterocycles. The van der Waals surface area contributed by atoms with Crippen molar-refractivity contribution in [3.63, 3.8) is 0 Å². The number of thiophene rings is 1. The van der Waals surface area contributed by atoms with Gasteiger partial charge in [-0.1, -0.05) is 36.4 Å². The maximum absolute atomic E-state index is 9.10. The average molecular weight is 401 g/mol. The predicted octanol–water partition coefficient (Wildman–Crippen LogP) is 4.13. The van der Waals surface area contributed by atoms with Crippen LogP contribution in [0.25, 0.3) is 10.8 Å². The zero-order valence-corrected chi connectivity index (χ0v) is 16.6. The molecule has 0 spiro atoms. The molecule has 0 aliphatic carbocycles. The molecule has 0 amide bonds. The summed E-state index contributed by atoms with van der Waals surface area (Å²) in [4.78, 5) is 20.4. The van der Waals surface area contributed by atoms with Gasteiger partial charge in [0.2, 0.25) is 0 Å². The van der Waals surface area contributed by atoms with E-state index < -0.39 is 11.9 Å². The summed E-state index contributed by atoms with van der Waals surface area (Å²) in [5.41, 5.74) is 1.26. The number of hydrogen-bond donors (Lipinski definition) is 2. The standard InChI is InChI=1S/C19H21NOS.C2H2O4/c1-20(2)12-10-18(16-11-13-22-14-16)21-19-9-5-7-15-6-3-4-8-17(15)19;3-1(4)2(5)6/h3-9,11,13-14,18H,10,12H2,1-2H3;(H,3,4)(H,5,6). The Bertz CT molecular complexity index is 891. The van der Waals surface area contributed by atoms with Gasteiger partial charge >= 0.3 is 11.9 Å². The van der Waals surface area contributed by atoms with Crippen LogP contribution in [0.4, 0.5) is 0 Å². The molecule has 2 aromatic carbocycles. The third kappa shape index (κ3) is 6.37. The molecule has 0 fully saturated rings. The highest BCUT2D eigenvalue weighted by molar-refractivity contribution is 7.07. The van der Waals surface area contributed by atoms with Gasteiger partial charge in [-0.3, -0.25) is 0 Å². The molecule has 2 N–H and O–H groups in total. The van der Waals surface area contributed by atoms with Crippen molar-refractivity contribution in [1.29, 1.82) is 0 Å². The van der Waals surface area contributed by atoms with Gasteiger partial charge in [0.05, 0.1) is 0 Å². The summed E-state index contributed by atoms with van der Waals surface area (Å²) in [6.45, 7) is 1.01. The van der Waals surface area contributed by atoms with Crippen LogP contribution >= 0.6 is 11.3 Å². The van der Waals surface area contributed by atoms with Gasteiger partial charge in [-0.25, -0.2) is 9.59 Å². The molecule has 0 saturated heterocycles. The van der Waals surface area contributed by atoms with Gasteiger partial charge < -0.3 is 19.8 Å². The summed E-state index contributed by atoms with van der Waals surface area (Å²) in [5, 5.41) is 21.5. The first kappa shape index (κ1) is 21.4. The maximum Gasteiger partial charge on any atom is 0.414 e. The van der Waals surface area contributed by atoms with E-state index in [1.54, 1.807) is 11.3 Å². The molecule has 3 aromatic rings. The van der Waals surface area contributed by atoms with Crippen LogP contribution in [0.1, 0.15) is 18.1 Å². The van der Waals surface area contributed by atoms with Crippen molar-refractivity contribution in [2.75, 3.05) is 20.6 Å². The zero-order valence-electron chi connectivity index (χ0n) is 15.7. The Morgan fingerprint density at radius 1 is 1.04 bits per heavy atom.